The fourth-order valence-corrected chi connectivity index (χ4v) is 6.15. The lowest BCUT2D eigenvalue weighted by molar-refractivity contribution is 0.0768. The smallest absolute Gasteiger partial charge is 0.275 e. The van der Waals surface area contributed by atoms with E-state index in [0.717, 1.165) is 46.6 Å². The maximum atomic E-state index is 13.1. The van der Waals surface area contributed by atoms with Gasteiger partial charge in [-0.3, -0.25) is 14.9 Å². The van der Waals surface area contributed by atoms with Crippen LogP contribution in [0.1, 0.15) is 71.9 Å². The summed E-state index contributed by atoms with van der Waals surface area (Å²) in [5.41, 5.74) is 5.57. The summed E-state index contributed by atoms with van der Waals surface area (Å²) in [7, 11) is 0. The van der Waals surface area contributed by atoms with Crippen LogP contribution in [0.4, 0.5) is 0 Å². The lowest BCUT2D eigenvalue weighted by atomic mass is 9.96. The van der Waals surface area contributed by atoms with Gasteiger partial charge in [0, 0.05) is 18.0 Å². The van der Waals surface area contributed by atoms with Gasteiger partial charge in [0.25, 0.3) is 5.91 Å². The molecule has 1 amide bonds. The molecule has 2 aromatic heterocycles. The van der Waals surface area contributed by atoms with Gasteiger partial charge in [-0.15, -0.1) is 11.3 Å². The highest BCUT2D eigenvalue weighted by Gasteiger charge is 2.28. The SMILES string of the molecule is Cc1nn(C2CCCCC2)c2sc(C(=O)NN3CCCC3Cc3ccccc3)cc12. The Bertz CT molecular complexity index is 1020. The summed E-state index contributed by atoms with van der Waals surface area (Å²) in [6.45, 7) is 2.98. The molecule has 1 saturated carbocycles. The monoisotopic (exact) mass is 422 g/mol. The first kappa shape index (κ1) is 19.8. The summed E-state index contributed by atoms with van der Waals surface area (Å²) < 4.78 is 2.21. The van der Waals surface area contributed by atoms with Gasteiger partial charge in [-0.05, 0) is 50.7 Å². The molecule has 1 N–H and O–H groups in total. The van der Waals surface area contributed by atoms with Crippen molar-refractivity contribution in [2.24, 2.45) is 0 Å². The zero-order chi connectivity index (χ0) is 20.5. The van der Waals surface area contributed by atoms with Crippen LogP contribution in [0, 0.1) is 6.92 Å². The molecule has 0 spiro atoms. The highest BCUT2D eigenvalue weighted by Crippen LogP contribution is 2.35. The number of nitrogens with zero attached hydrogens (tertiary/aromatic N) is 3. The number of hydrogen-bond acceptors (Lipinski definition) is 4. The summed E-state index contributed by atoms with van der Waals surface area (Å²) in [6, 6.07) is 13.5. The number of nitrogens with one attached hydrogen (secondary N) is 1. The van der Waals surface area contributed by atoms with Crippen LogP contribution in [-0.4, -0.2) is 33.3 Å². The zero-order valence-electron chi connectivity index (χ0n) is 17.6. The molecule has 3 aromatic rings. The molecular formula is C24H30N4OS. The Morgan fingerprint density at radius 2 is 1.93 bits per heavy atom. The molecule has 1 atom stereocenters. The molecule has 2 fully saturated rings. The van der Waals surface area contributed by atoms with Crippen molar-refractivity contribution in [2.75, 3.05) is 6.54 Å². The first-order valence-corrected chi connectivity index (χ1v) is 12.1. The minimum absolute atomic E-state index is 0.0192. The summed E-state index contributed by atoms with van der Waals surface area (Å²) in [5.74, 6) is 0.0192. The molecule has 3 heterocycles. The molecule has 5 nitrogen and oxygen atoms in total. The van der Waals surface area contributed by atoms with Gasteiger partial charge in [0.1, 0.15) is 4.83 Å². The van der Waals surface area contributed by atoms with Crippen LogP contribution in [0.25, 0.3) is 10.2 Å². The fourth-order valence-electron chi connectivity index (χ4n) is 5.02. The van der Waals surface area contributed by atoms with Crippen molar-refractivity contribution in [2.45, 2.75) is 70.4 Å². The second kappa shape index (κ2) is 8.52. The van der Waals surface area contributed by atoms with E-state index in [1.807, 2.05) is 6.07 Å². The number of hydrogen-bond donors (Lipinski definition) is 1. The van der Waals surface area contributed by atoms with Gasteiger partial charge < -0.3 is 0 Å². The average Bonchev–Trinajstić information content (AvgIpc) is 3.47. The van der Waals surface area contributed by atoms with Gasteiger partial charge in [0.2, 0.25) is 0 Å². The Morgan fingerprint density at radius 1 is 1.13 bits per heavy atom. The highest BCUT2D eigenvalue weighted by atomic mass is 32.1. The van der Waals surface area contributed by atoms with E-state index < -0.39 is 0 Å². The number of fused-ring (bicyclic) bond motifs is 1. The molecule has 1 aliphatic heterocycles. The van der Waals surface area contributed by atoms with Crippen molar-refractivity contribution in [1.29, 1.82) is 0 Å². The van der Waals surface area contributed by atoms with Crippen molar-refractivity contribution in [3.05, 3.63) is 52.5 Å². The van der Waals surface area contributed by atoms with Crippen molar-refractivity contribution in [1.82, 2.24) is 20.2 Å². The zero-order valence-corrected chi connectivity index (χ0v) is 18.5. The Labute approximate surface area is 182 Å². The maximum Gasteiger partial charge on any atom is 0.275 e. The first-order chi connectivity index (χ1) is 14.7. The number of carbonyl (C=O) groups is 1. The molecule has 6 heteroatoms. The summed E-state index contributed by atoms with van der Waals surface area (Å²) in [4.78, 5) is 15.0. The van der Waals surface area contributed by atoms with Gasteiger partial charge >= 0.3 is 0 Å². The number of aromatic nitrogens is 2. The Kier molecular flexibility index (Phi) is 5.61. The number of amides is 1. The van der Waals surface area contributed by atoms with E-state index >= 15 is 0 Å². The predicted octanol–water partition coefficient (Wildman–Crippen LogP) is 5.26. The Hall–Kier alpha value is -2.18. The number of aryl methyl sites for hydroxylation is 1. The van der Waals surface area contributed by atoms with Crippen LogP contribution in [0.2, 0.25) is 0 Å². The van der Waals surface area contributed by atoms with E-state index in [1.165, 1.54) is 37.7 Å². The third-order valence-corrected chi connectivity index (χ3v) is 7.77. The van der Waals surface area contributed by atoms with E-state index in [4.69, 9.17) is 5.10 Å². The second-order valence-electron chi connectivity index (χ2n) is 8.77. The maximum absolute atomic E-state index is 13.1. The number of hydrazine groups is 1. The topological polar surface area (TPSA) is 50.2 Å². The number of rotatable bonds is 5. The van der Waals surface area contributed by atoms with Gasteiger partial charge in [-0.25, -0.2) is 5.01 Å². The molecule has 0 radical (unpaired) electrons. The highest BCUT2D eigenvalue weighted by molar-refractivity contribution is 7.20. The van der Waals surface area contributed by atoms with Gasteiger partial charge in [-0.2, -0.15) is 5.10 Å². The van der Waals surface area contributed by atoms with Crippen molar-refractivity contribution >= 4 is 27.5 Å². The minimum Gasteiger partial charge on any atom is -0.284 e. The van der Waals surface area contributed by atoms with E-state index in [-0.39, 0.29) is 5.91 Å². The van der Waals surface area contributed by atoms with E-state index in [9.17, 15) is 4.79 Å². The average molecular weight is 423 g/mol. The lowest BCUT2D eigenvalue weighted by Crippen LogP contribution is -2.45. The predicted molar refractivity (Wildman–Crippen MR) is 122 cm³/mol. The van der Waals surface area contributed by atoms with Crippen LogP contribution in [0.15, 0.2) is 36.4 Å². The number of carbonyl (C=O) groups excluding carboxylic acids is 1. The molecule has 2 aliphatic rings. The van der Waals surface area contributed by atoms with Crippen LogP contribution in [0.3, 0.4) is 0 Å². The van der Waals surface area contributed by atoms with Gasteiger partial charge in [0.15, 0.2) is 0 Å². The largest absolute Gasteiger partial charge is 0.284 e. The first-order valence-electron chi connectivity index (χ1n) is 11.3. The molecule has 30 heavy (non-hydrogen) atoms. The summed E-state index contributed by atoms with van der Waals surface area (Å²) in [5, 5.41) is 8.11. The molecule has 1 saturated heterocycles. The summed E-state index contributed by atoms with van der Waals surface area (Å²) >= 11 is 1.60. The normalized spacial score (nSPS) is 20.8. The molecule has 1 aromatic carbocycles. The van der Waals surface area contributed by atoms with Gasteiger partial charge in [-0.1, -0.05) is 49.6 Å². The van der Waals surface area contributed by atoms with Gasteiger partial charge in [0.05, 0.1) is 16.6 Å². The quantitative estimate of drug-likeness (QED) is 0.610. The molecule has 0 bridgehead atoms. The van der Waals surface area contributed by atoms with E-state index in [2.05, 4.69) is 52.4 Å². The standard InChI is InChI=1S/C24H30N4OS/c1-17-21-16-22(30-24(21)28(25-17)19-11-6-3-7-12-19)23(29)26-27-14-8-13-20(27)15-18-9-4-2-5-10-18/h2,4-5,9-10,16,19-20H,3,6-8,11-15H2,1H3,(H,26,29). The lowest BCUT2D eigenvalue weighted by Gasteiger charge is -2.25. The van der Waals surface area contributed by atoms with Crippen LogP contribution >= 0.6 is 11.3 Å². The van der Waals surface area contributed by atoms with E-state index in [0.29, 0.717) is 12.1 Å². The second-order valence-corrected chi connectivity index (χ2v) is 9.80. The Morgan fingerprint density at radius 3 is 2.73 bits per heavy atom. The third kappa shape index (κ3) is 3.91. The van der Waals surface area contributed by atoms with E-state index in [1.54, 1.807) is 11.3 Å². The summed E-state index contributed by atoms with van der Waals surface area (Å²) in [6.07, 6.45) is 9.51. The van der Waals surface area contributed by atoms with Crippen LogP contribution in [-0.2, 0) is 6.42 Å². The molecule has 1 aliphatic carbocycles. The fraction of sp³-hybridized carbons (Fsp3) is 0.500. The third-order valence-electron chi connectivity index (χ3n) is 6.65. The Balaban J connectivity index is 1.32. The minimum atomic E-state index is 0.0192. The van der Waals surface area contributed by atoms with Crippen LogP contribution in [0.5, 0.6) is 0 Å². The molecule has 5 rings (SSSR count). The molecule has 158 valence electrons. The van der Waals surface area contributed by atoms with Crippen molar-refractivity contribution < 1.29 is 4.79 Å². The van der Waals surface area contributed by atoms with Crippen molar-refractivity contribution in [3.8, 4) is 0 Å². The van der Waals surface area contributed by atoms with Crippen LogP contribution < -0.4 is 5.43 Å². The number of benzene rings is 1. The molecule has 1 unspecified atom stereocenters. The van der Waals surface area contributed by atoms with Crippen molar-refractivity contribution in [3.63, 3.8) is 0 Å². The number of thiophene rings is 1. The molecular weight excluding hydrogens is 392 g/mol.